The van der Waals surface area contributed by atoms with E-state index >= 15 is 0 Å². The molecule has 0 radical (unpaired) electrons. The number of pyridine rings is 1. The quantitative estimate of drug-likeness (QED) is 0.666. The molecule has 0 aromatic carbocycles. The Morgan fingerprint density at radius 3 is 2.86 bits per heavy atom. The highest BCUT2D eigenvalue weighted by Gasteiger charge is 2.35. The van der Waals surface area contributed by atoms with Gasteiger partial charge in [0, 0.05) is 30.9 Å². The number of piperidine rings is 1. The summed E-state index contributed by atoms with van der Waals surface area (Å²) in [5.74, 6) is 0.542. The summed E-state index contributed by atoms with van der Waals surface area (Å²) in [7, 11) is 0. The number of aryl methyl sites for hydroxylation is 1. The number of aromatic nitrogens is 1. The summed E-state index contributed by atoms with van der Waals surface area (Å²) in [6.07, 6.45) is 7.55. The standard InChI is InChI=1S/C15H22N4O2/c1-11-8-14(19(20)21)15(17-9-11)18(13-5-6-13)10-12-4-2-3-7-16-12/h8-9,12-13,16H,2-7,10H2,1H3. The highest BCUT2D eigenvalue weighted by Crippen LogP contribution is 2.36. The van der Waals surface area contributed by atoms with Crippen LogP contribution in [0.1, 0.15) is 37.7 Å². The Morgan fingerprint density at radius 1 is 1.43 bits per heavy atom. The summed E-state index contributed by atoms with van der Waals surface area (Å²) in [4.78, 5) is 17.6. The minimum absolute atomic E-state index is 0.137. The van der Waals surface area contributed by atoms with Gasteiger partial charge < -0.3 is 10.2 Å². The first-order valence-electron chi connectivity index (χ1n) is 7.76. The Hall–Kier alpha value is -1.69. The molecule has 0 bridgehead atoms. The van der Waals surface area contributed by atoms with Crippen LogP contribution in [0.4, 0.5) is 11.5 Å². The Kier molecular flexibility index (Phi) is 4.05. The normalized spacial score (nSPS) is 22.0. The maximum Gasteiger partial charge on any atom is 0.311 e. The zero-order valence-electron chi connectivity index (χ0n) is 12.4. The van der Waals surface area contributed by atoms with Gasteiger partial charge in [-0.1, -0.05) is 6.42 Å². The molecule has 114 valence electrons. The zero-order valence-corrected chi connectivity index (χ0v) is 12.4. The van der Waals surface area contributed by atoms with Gasteiger partial charge in [-0.25, -0.2) is 4.98 Å². The molecule has 1 aromatic heterocycles. The van der Waals surface area contributed by atoms with Crippen LogP contribution in [0.15, 0.2) is 12.3 Å². The predicted molar refractivity (Wildman–Crippen MR) is 81.6 cm³/mol. The Morgan fingerprint density at radius 2 is 2.24 bits per heavy atom. The van der Waals surface area contributed by atoms with Gasteiger partial charge in [0.25, 0.3) is 0 Å². The summed E-state index contributed by atoms with van der Waals surface area (Å²) < 4.78 is 0. The molecule has 6 heteroatoms. The summed E-state index contributed by atoms with van der Waals surface area (Å²) in [5, 5.41) is 14.9. The fourth-order valence-electron chi connectivity index (χ4n) is 3.01. The van der Waals surface area contributed by atoms with Crippen LogP contribution in [-0.4, -0.2) is 35.1 Å². The van der Waals surface area contributed by atoms with E-state index in [-0.39, 0.29) is 10.6 Å². The topological polar surface area (TPSA) is 71.3 Å². The molecule has 1 N–H and O–H groups in total. The largest absolute Gasteiger partial charge is 0.346 e. The number of nitrogens with one attached hydrogen (secondary N) is 1. The lowest BCUT2D eigenvalue weighted by Crippen LogP contribution is -2.45. The van der Waals surface area contributed by atoms with Crippen LogP contribution in [0.3, 0.4) is 0 Å². The molecular formula is C15H22N4O2. The van der Waals surface area contributed by atoms with Gasteiger partial charge in [0.1, 0.15) is 0 Å². The van der Waals surface area contributed by atoms with E-state index in [1.54, 1.807) is 12.3 Å². The van der Waals surface area contributed by atoms with Gasteiger partial charge >= 0.3 is 5.69 Å². The molecule has 21 heavy (non-hydrogen) atoms. The van der Waals surface area contributed by atoms with Gasteiger partial charge in [0.15, 0.2) is 0 Å². The lowest BCUT2D eigenvalue weighted by Gasteiger charge is -2.31. The molecule has 1 saturated heterocycles. The van der Waals surface area contributed by atoms with Gasteiger partial charge in [-0.3, -0.25) is 10.1 Å². The molecule has 1 saturated carbocycles. The Labute approximate surface area is 124 Å². The van der Waals surface area contributed by atoms with Gasteiger partial charge in [-0.15, -0.1) is 0 Å². The van der Waals surface area contributed by atoms with Crippen LogP contribution < -0.4 is 10.2 Å². The van der Waals surface area contributed by atoms with Crippen molar-refractivity contribution in [2.75, 3.05) is 18.0 Å². The number of anilines is 1. The molecule has 1 aliphatic carbocycles. The fraction of sp³-hybridized carbons (Fsp3) is 0.667. The lowest BCUT2D eigenvalue weighted by molar-refractivity contribution is -0.384. The van der Waals surface area contributed by atoms with Crippen molar-refractivity contribution in [3.8, 4) is 0 Å². The van der Waals surface area contributed by atoms with E-state index in [1.807, 2.05) is 6.92 Å². The van der Waals surface area contributed by atoms with Crippen LogP contribution in [0.25, 0.3) is 0 Å². The number of nitro groups is 1. The molecular weight excluding hydrogens is 268 g/mol. The highest BCUT2D eigenvalue weighted by atomic mass is 16.6. The van der Waals surface area contributed by atoms with Crippen molar-refractivity contribution >= 4 is 11.5 Å². The maximum absolute atomic E-state index is 11.3. The first kappa shape index (κ1) is 14.3. The first-order chi connectivity index (χ1) is 10.1. The second kappa shape index (κ2) is 5.97. The average Bonchev–Trinajstić information content (AvgIpc) is 3.31. The fourth-order valence-corrected chi connectivity index (χ4v) is 3.01. The van der Waals surface area contributed by atoms with Crippen LogP contribution in [-0.2, 0) is 0 Å². The van der Waals surface area contributed by atoms with Crippen LogP contribution in [0.2, 0.25) is 0 Å². The Bertz CT molecular complexity index is 524. The predicted octanol–water partition coefficient (Wildman–Crippen LogP) is 2.41. The molecule has 6 nitrogen and oxygen atoms in total. The monoisotopic (exact) mass is 290 g/mol. The molecule has 1 unspecified atom stereocenters. The zero-order chi connectivity index (χ0) is 14.8. The van der Waals surface area contributed by atoms with Gasteiger partial charge in [0.05, 0.1) is 4.92 Å². The molecule has 3 rings (SSSR count). The van der Waals surface area contributed by atoms with E-state index < -0.39 is 0 Å². The summed E-state index contributed by atoms with van der Waals surface area (Å²) in [5.41, 5.74) is 0.967. The molecule has 1 aromatic rings. The number of nitrogens with zero attached hydrogens (tertiary/aromatic N) is 3. The highest BCUT2D eigenvalue weighted by molar-refractivity contribution is 5.60. The third-order valence-corrected chi connectivity index (χ3v) is 4.27. The average molecular weight is 290 g/mol. The van der Waals surface area contributed by atoms with E-state index in [4.69, 9.17) is 0 Å². The summed E-state index contributed by atoms with van der Waals surface area (Å²) in [6, 6.07) is 2.47. The van der Waals surface area contributed by atoms with Gasteiger partial charge in [0.2, 0.25) is 5.82 Å². The van der Waals surface area contributed by atoms with E-state index in [9.17, 15) is 10.1 Å². The molecule has 1 aliphatic heterocycles. The minimum Gasteiger partial charge on any atom is -0.346 e. The summed E-state index contributed by atoms with van der Waals surface area (Å²) in [6.45, 7) is 3.71. The third-order valence-electron chi connectivity index (χ3n) is 4.27. The van der Waals surface area contributed by atoms with Crippen LogP contribution >= 0.6 is 0 Å². The lowest BCUT2D eigenvalue weighted by atomic mass is 10.0. The second-order valence-electron chi connectivity index (χ2n) is 6.14. The van der Waals surface area contributed by atoms with Crippen molar-refractivity contribution in [1.29, 1.82) is 0 Å². The Balaban J connectivity index is 1.85. The molecule has 2 fully saturated rings. The third kappa shape index (κ3) is 3.32. The van der Waals surface area contributed by atoms with E-state index in [0.29, 0.717) is 17.9 Å². The van der Waals surface area contributed by atoms with Crippen molar-refractivity contribution in [3.63, 3.8) is 0 Å². The van der Waals surface area contributed by atoms with E-state index in [2.05, 4.69) is 15.2 Å². The second-order valence-corrected chi connectivity index (χ2v) is 6.14. The van der Waals surface area contributed by atoms with Crippen molar-refractivity contribution < 1.29 is 4.92 Å². The van der Waals surface area contributed by atoms with Crippen molar-refractivity contribution in [2.45, 2.75) is 51.1 Å². The molecule has 0 amide bonds. The molecule has 1 atom stereocenters. The SMILES string of the molecule is Cc1cnc(N(CC2CCCCN2)C2CC2)c([N+](=O)[O-])c1. The smallest absolute Gasteiger partial charge is 0.311 e. The molecule has 2 heterocycles. The molecule has 0 spiro atoms. The van der Waals surface area contributed by atoms with E-state index in [0.717, 1.165) is 37.9 Å². The minimum atomic E-state index is -0.307. The van der Waals surface area contributed by atoms with Gasteiger partial charge in [-0.2, -0.15) is 0 Å². The number of hydrogen-bond acceptors (Lipinski definition) is 5. The van der Waals surface area contributed by atoms with Crippen LogP contribution in [0.5, 0.6) is 0 Å². The summed E-state index contributed by atoms with van der Waals surface area (Å²) >= 11 is 0. The molecule has 2 aliphatic rings. The van der Waals surface area contributed by atoms with Crippen molar-refractivity contribution in [1.82, 2.24) is 10.3 Å². The first-order valence-corrected chi connectivity index (χ1v) is 7.76. The van der Waals surface area contributed by atoms with Crippen molar-refractivity contribution in [3.05, 3.63) is 27.9 Å². The van der Waals surface area contributed by atoms with E-state index in [1.165, 1.54) is 12.8 Å². The number of rotatable bonds is 5. The van der Waals surface area contributed by atoms with Crippen molar-refractivity contribution in [2.24, 2.45) is 0 Å². The maximum atomic E-state index is 11.3. The van der Waals surface area contributed by atoms with Gasteiger partial charge in [-0.05, 0) is 44.7 Å². The van der Waals surface area contributed by atoms with Crippen LogP contribution in [0, 0.1) is 17.0 Å². The number of hydrogen-bond donors (Lipinski definition) is 1.